The number of rotatable bonds is 3. The molecule has 3 heterocycles. The van der Waals surface area contributed by atoms with Gasteiger partial charge in [0.05, 0.1) is 0 Å². The normalized spacial score (nSPS) is 15.4. The maximum absolute atomic E-state index is 12.4. The Morgan fingerprint density at radius 2 is 1.91 bits per heavy atom. The Balaban J connectivity index is 1.59. The molecule has 2 aromatic heterocycles. The average molecular weight is 315 g/mol. The Bertz CT molecular complexity index is 738. The zero-order chi connectivity index (χ0) is 16.2. The van der Waals surface area contributed by atoms with Crippen molar-refractivity contribution in [2.45, 2.75) is 18.9 Å². The number of ether oxygens (including phenoxy) is 1. The van der Waals surface area contributed by atoms with Crippen molar-refractivity contribution >= 4 is 5.91 Å². The third-order valence-electron chi connectivity index (χ3n) is 3.72. The fraction of sp³-hybridized carbons (Fsp3) is 0.400. The van der Waals surface area contributed by atoms with Gasteiger partial charge in [0.1, 0.15) is 11.8 Å². The molecule has 1 amide bonds. The van der Waals surface area contributed by atoms with E-state index in [-0.39, 0.29) is 23.3 Å². The molecule has 1 fully saturated rings. The Kier molecular flexibility index (Phi) is 4.31. The molecular weight excluding hydrogens is 298 g/mol. The first-order valence-corrected chi connectivity index (χ1v) is 7.41. The average Bonchev–Trinajstić information content (AvgIpc) is 2.58. The number of hydrogen-bond acceptors (Lipinski definition) is 6. The molecule has 23 heavy (non-hydrogen) atoms. The van der Waals surface area contributed by atoms with Gasteiger partial charge in [-0.25, -0.2) is 14.6 Å². The number of carbonyl (C=O) groups is 1. The Hall–Kier alpha value is -2.77. The van der Waals surface area contributed by atoms with Crippen LogP contribution in [-0.4, -0.2) is 49.7 Å². The van der Waals surface area contributed by atoms with Gasteiger partial charge in [0.25, 0.3) is 11.5 Å². The van der Waals surface area contributed by atoms with Crippen LogP contribution in [0.25, 0.3) is 0 Å². The highest BCUT2D eigenvalue weighted by Gasteiger charge is 2.26. The summed E-state index contributed by atoms with van der Waals surface area (Å²) in [5.74, 6) is -0.171. The number of amides is 1. The molecule has 3 rings (SSSR count). The van der Waals surface area contributed by atoms with Crippen LogP contribution in [0.4, 0.5) is 0 Å². The van der Waals surface area contributed by atoms with E-state index >= 15 is 0 Å². The van der Waals surface area contributed by atoms with Gasteiger partial charge in [-0.3, -0.25) is 9.59 Å². The molecule has 0 atom stereocenters. The molecule has 8 heteroatoms. The van der Waals surface area contributed by atoms with Gasteiger partial charge < -0.3 is 9.64 Å². The molecule has 0 saturated carbocycles. The number of aryl methyl sites for hydroxylation is 1. The van der Waals surface area contributed by atoms with Gasteiger partial charge in [-0.15, -0.1) is 0 Å². The van der Waals surface area contributed by atoms with Gasteiger partial charge in [-0.1, -0.05) is 0 Å². The van der Waals surface area contributed by atoms with E-state index in [4.69, 9.17) is 4.74 Å². The second kappa shape index (κ2) is 6.55. The Labute approximate surface area is 132 Å². The second-order valence-corrected chi connectivity index (χ2v) is 5.32. The van der Waals surface area contributed by atoms with E-state index in [0.29, 0.717) is 31.9 Å². The molecule has 0 aromatic carbocycles. The summed E-state index contributed by atoms with van der Waals surface area (Å²) in [6.07, 6.45) is 4.67. The van der Waals surface area contributed by atoms with Crippen LogP contribution in [0.1, 0.15) is 23.3 Å². The molecule has 2 aromatic rings. The number of nitrogens with zero attached hydrogens (tertiary/aromatic N) is 5. The highest BCUT2D eigenvalue weighted by molar-refractivity contribution is 5.92. The van der Waals surface area contributed by atoms with Gasteiger partial charge in [0.2, 0.25) is 0 Å². The molecule has 0 N–H and O–H groups in total. The van der Waals surface area contributed by atoms with E-state index in [1.807, 2.05) is 0 Å². The molecule has 0 aliphatic carbocycles. The summed E-state index contributed by atoms with van der Waals surface area (Å²) in [4.78, 5) is 33.5. The van der Waals surface area contributed by atoms with E-state index in [1.165, 1.54) is 19.2 Å². The molecule has 0 bridgehead atoms. The van der Waals surface area contributed by atoms with Crippen molar-refractivity contribution < 1.29 is 9.53 Å². The fourth-order valence-electron chi connectivity index (χ4n) is 2.45. The smallest absolute Gasteiger partial charge is 0.316 e. The SMILES string of the molecule is Cn1nc(C(=O)N2CCC(Oc3ncccn3)CC2)ccc1=O. The number of hydrogen-bond donors (Lipinski definition) is 0. The number of piperidine rings is 1. The summed E-state index contributed by atoms with van der Waals surface area (Å²) in [7, 11) is 1.53. The molecule has 120 valence electrons. The van der Waals surface area contributed by atoms with Crippen molar-refractivity contribution in [3.05, 3.63) is 46.6 Å². The number of likely N-dealkylation sites (tertiary alicyclic amines) is 1. The third-order valence-corrected chi connectivity index (χ3v) is 3.72. The van der Waals surface area contributed by atoms with Crippen LogP contribution in [-0.2, 0) is 7.05 Å². The lowest BCUT2D eigenvalue weighted by Crippen LogP contribution is -2.42. The topological polar surface area (TPSA) is 90.2 Å². The van der Waals surface area contributed by atoms with Crippen LogP contribution in [0.5, 0.6) is 6.01 Å². The minimum Gasteiger partial charge on any atom is -0.460 e. The largest absolute Gasteiger partial charge is 0.460 e. The maximum atomic E-state index is 12.4. The van der Waals surface area contributed by atoms with Crippen molar-refractivity contribution in [2.24, 2.45) is 7.05 Å². The lowest BCUT2D eigenvalue weighted by atomic mass is 10.1. The predicted molar refractivity (Wildman–Crippen MR) is 81.1 cm³/mol. The lowest BCUT2D eigenvalue weighted by Gasteiger charge is -2.31. The summed E-state index contributed by atoms with van der Waals surface area (Å²) in [5, 5.41) is 4.00. The highest BCUT2D eigenvalue weighted by Crippen LogP contribution is 2.16. The first kappa shape index (κ1) is 15.1. The predicted octanol–water partition coefficient (Wildman–Crippen LogP) is 0.254. The van der Waals surface area contributed by atoms with Crippen LogP contribution < -0.4 is 10.3 Å². The molecule has 8 nitrogen and oxygen atoms in total. The first-order chi connectivity index (χ1) is 11.1. The van der Waals surface area contributed by atoms with Crippen molar-refractivity contribution in [2.75, 3.05) is 13.1 Å². The maximum Gasteiger partial charge on any atom is 0.316 e. The summed E-state index contributed by atoms with van der Waals surface area (Å²) in [6, 6.07) is 4.90. The highest BCUT2D eigenvalue weighted by atomic mass is 16.5. The minimum absolute atomic E-state index is 0.00506. The molecule has 0 unspecified atom stereocenters. The van der Waals surface area contributed by atoms with Gasteiger partial charge in [-0.2, -0.15) is 5.10 Å². The number of carbonyl (C=O) groups excluding carboxylic acids is 1. The molecular formula is C15H17N5O3. The third kappa shape index (κ3) is 3.53. The lowest BCUT2D eigenvalue weighted by molar-refractivity contribution is 0.0571. The van der Waals surface area contributed by atoms with E-state index in [1.54, 1.807) is 23.4 Å². The van der Waals surface area contributed by atoms with E-state index < -0.39 is 0 Å². The zero-order valence-corrected chi connectivity index (χ0v) is 12.8. The summed E-state index contributed by atoms with van der Waals surface area (Å²) in [6.45, 7) is 1.14. The van der Waals surface area contributed by atoms with E-state index in [9.17, 15) is 9.59 Å². The molecule has 0 spiro atoms. The first-order valence-electron chi connectivity index (χ1n) is 7.41. The van der Waals surface area contributed by atoms with E-state index in [2.05, 4.69) is 15.1 Å². The summed E-state index contributed by atoms with van der Waals surface area (Å²) >= 11 is 0. The van der Waals surface area contributed by atoms with Gasteiger partial charge >= 0.3 is 6.01 Å². The van der Waals surface area contributed by atoms with Crippen LogP contribution >= 0.6 is 0 Å². The van der Waals surface area contributed by atoms with Crippen molar-refractivity contribution in [3.8, 4) is 6.01 Å². The van der Waals surface area contributed by atoms with Crippen LogP contribution in [0, 0.1) is 0 Å². The van der Waals surface area contributed by atoms with Gasteiger partial charge in [0.15, 0.2) is 0 Å². The Morgan fingerprint density at radius 1 is 1.22 bits per heavy atom. The molecule has 1 saturated heterocycles. The zero-order valence-electron chi connectivity index (χ0n) is 12.8. The fourth-order valence-corrected chi connectivity index (χ4v) is 2.45. The van der Waals surface area contributed by atoms with E-state index in [0.717, 1.165) is 4.68 Å². The second-order valence-electron chi connectivity index (χ2n) is 5.32. The number of aromatic nitrogens is 4. The van der Waals surface area contributed by atoms with Crippen molar-refractivity contribution in [1.29, 1.82) is 0 Å². The molecule has 1 aliphatic rings. The van der Waals surface area contributed by atoms with Crippen LogP contribution in [0.2, 0.25) is 0 Å². The molecule has 1 aliphatic heterocycles. The molecule has 0 radical (unpaired) electrons. The minimum atomic E-state index is -0.239. The summed E-state index contributed by atoms with van der Waals surface area (Å²) < 4.78 is 6.87. The van der Waals surface area contributed by atoms with Gasteiger partial charge in [0, 0.05) is 51.4 Å². The van der Waals surface area contributed by atoms with Crippen molar-refractivity contribution in [1.82, 2.24) is 24.6 Å². The standard InChI is InChI=1S/C15H17N5O3/c1-19-13(21)4-3-12(18-19)14(22)20-9-5-11(6-10-20)23-15-16-7-2-8-17-15/h2-4,7-8,11H,5-6,9-10H2,1H3. The summed E-state index contributed by atoms with van der Waals surface area (Å²) in [5.41, 5.74) is 0.0365. The van der Waals surface area contributed by atoms with Crippen LogP contribution in [0.15, 0.2) is 35.4 Å². The Morgan fingerprint density at radius 3 is 2.57 bits per heavy atom. The monoisotopic (exact) mass is 315 g/mol. The van der Waals surface area contributed by atoms with Gasteiger partial charge in [-0.05, 0) is 12.1 Å². The quantitative estimate of drug-likeness (QED) is 0.806. The van der Waals surface area contributed by atoms with Crippen molar-refractivity contribution in [3.63, 3.8) is 0 Å². The van der Waals surface area contributed by atoms with Crippen LogP contribution in [0.3, 0.4) is 0 Å².